The van der Waals surface area contributed by atoms with Gasteiger partial charge in [0.05, 0.1) is 6.33 Å². The molecule has 0 aliphatic rings. The molecule has 8 heteroatoms. The number of likely N-dealkylation sites (N-methyl/N-ethyl adjacent to an activating group) is 1. The average Bonchev–Trinajstić information content (AvgIpc) is 3.03. The highest BCUT2D eigenvalue weighted by atomic mass is 16.3. The maximum Gasteiger partial charge on any atom is 0.332 e. The van der Waals surface area contributed by atoms with Crippen LogP contribution >= 0.6 is 0 Å². The van der Waals surface area contributed by atoms with Gasteiger partial charge in [-0.1, -0.05) is 6.07 Å². The van der Waals surface area contributed by atoms with Crippen LogP contribution in [0.1, 0.15) is 6.92 Å². The van der Waals surface area contributed by atoms with Gasteiger partial charge in [0.25, 0.3) is 5.56 Å². The highest BCUT2D eigenvalue weighted by Crippen LogP contribution is 2.20. The molecule has 0 unspecified atom stereocenters. The maximum absolute atomic E-state index is 12.5. The molecule has 25 heavy (non-hydrogen) atoms. The van der Waals surface area contributed by atoms with Crippen LogP contribution in [-0.4, -0.2) is 36.9 Å². The zero-order valence-corrected chi connectivity index (χ0v) is 14.5. The first-order chi connectivity index (χ1) is 11.9. The molecule has 0 aliphatic carbocycles. The predicted molar refractivity (Wildman–Crippen MR) is 96.2 cm³/mol. The van der Waals surface area contributed by atoms with Crippen LogP contribution in [0, 0.1) is 0 Å². The Hall–Kier alpha value is -3.03. The standard InChI is InChI=1S/C17H21N5O3/c1-4-21(12-6-5-7-13(23)10-12)8-9-22-11-18-15-14(22)16(24)20(3)17(25)19(15)2/h5-7,10-11,23H,4,8-9H2,1-3H3. The minimum absolute atomic E-state index is 0.216. The van der Waals surface area contributed by atoms with Gasteiger partial charge in [0.1, 0.15) is 5.75 Å². The van der Waals surface area contributed by atoms with Crippen LogP contribution in [0.15, 0.2) is 40.2 Å². The summed E-state index contributed by atoms with van der Waals surface area (Å²) < 4.78 is 4.23. The molecular formula is C17H21N5O3. The number of aryl methyl sites for hydroxylation is 1. The number of imidazole rings is 1. The van der Waals surface area contributed by atoms with Gasteiger partial charge in [-0.3, -0.25) is 13.9 Å². The lowest BCUT2D eigenvalue weighted by molar-refractivity contribution is 0.475. The van der Waals surface area contributed by atoms with Gasteiger partial charge >= 0.3 is 5.69 Å². The molecular weight excluding hydrogens is 322 g/mol. The van der Waals surface area contributed by atoms with Crippen LogP contribution in [0.4, 0.5) is 5.69 Å². The zero-order valence-electron chi connectivity index (χ0n) is 14.5. The summed E-state index contributed by atoms with van der Waals surface area (Å²) in [7, 11) is 3.07. The second-order valence-electron chi connectivity index (χ2n) is 5.92. The van der Waals surface area contributed by atoms with Gasteiger partial charge in [-0.15, -0.1) is 0 Å². The Morgan fingerprint density at radius 1 is 1.20 bits per heavy atom. The molecule has 8 nitrogen and oxygen atoms in total. The molecule has 0 bridgehead atoms. The van der Waals surface area contributed by atoms with Crippen LogP contribution in [0.3, 0.4) is 0 Å². The fraction of sp³-hybridized carbons (Fsp3) is 0.353. The highest BCUT2D eigenvalue weighted by molar-refractivity contribution is 5.70. The molecule has 1 aromatic carbocycles. The fourth-order valence-electron chi connectivity index (χ4n) is 2.95. The summed E-state index contributed by atoms with van der Waals surface area (Å²) in [5.74, 6) is 0.216. The van der Waals surface area contributed by atoms with E-state index in [4.69, 9.17) is 0 Å². The van der Waals surface area contributed by atoms with Crippen molar-refractivity contribution in [1.29, 1.82) is 0 Å². The Bertz CT molecular complexity index is 1030. The molecule has 0 amide bonds. The number of fused-ring (bicyclic) bond motifs is 1. The van der Waals surface area contributed by atoms with Gasteiger partial charge in [0.15, 0.2) is 11.2 Å². The Balaban J connectivity index is 1.93. The van der Waals surface area contributed by atoms with Gasteiger partial charge in [0.2, 0.25) is 0 Å². The summed E-state index contributed by atoms with van der Waals surface area (Å²) in [5.41, 5.74) is 0.964. The quantitative estimate of drug-likeness (QED) is 0.736. The number of hydrogen-bond donors (Lipinski definition) is 1. The first kappa shape index (κ1) is 16.8. The van der Waals surface area contributed by atoms with Crippen LogP contribution in [-0.2, 0) is 20.6 Å². The molecule has 3 rings (SSSR count). The summed E-state index contributed by atoms with van der Waals surface area (Å²) in [6.45, 7) is 3.95. The van der Waals surface area contributed by atoms with Gasteiger partial charge in [-0.2, -0.15) is 0 Å². The molecule has 132 valence electrons. The lowest BCUT2D eigenvalue weighted by Gasteiger charge is -2.23. The minimum atomic E-state index is -0.391. The Morgan fingerprint density at radius 3 is 2.64 bits per heavy atom. The van der Waals surface area contributed by atoms with Crippen LogP contribution in [0.2, 0.25) is 0 Å². The molecule has 0 atom stereocenters. The Labute approximate surface area is 144 Å². The molecule has 1 N–H and O–H groups in total. The van der Waals surface area contributed by atoms with E-state index in [2.05, 4.69) is 9.88 Å². The van der Waals surface area contributed by atoms with Crippen molar-refractivity contribution in [1.82, 2.24) is 18.7 Å². The van der Waals surface area contributed by atoms with Crippen molar-refractivity contribution in [3.8, 4) is 5.75 Å². The van der Waals surface area contributed by atoms with E-state index in [0.29, 0.717) is 24.3 Å². The number of benzene rings is 1. The molecule has 0 saturated carbocycles. The molecule has 2 heterocycles. The van der Waals surface area contributed by atoms with Crippen LogP contribution in [0.25, 0.3) is 11.2 Å². The molecule has 2 aromatic heterocycles. The van der Waals surface area contributed by atoms with E-state index in [1.54, 1.807) is 36.1 Å². The second kappa shape index (κ2) is 6.46. The molecule has 3 aromatic rings. The first-order valence-corrected chi connectivity index (χ1v) is 8.09. The predicted octanol–water partition coefficient (Wildman–Crippen LogP) is 0.666. The maximum atomic E-state index is 12.5. The third kappa shape index (κ3) is 2.90. The van der Waals surface area contributed by atoms with E-state index in [-0.39, 0.29) is 11.3 Å². The molecule has 0 radical (unpaired) electrons. The van der Waals surface area contributed by atoms with Crippen molar-refractivity contribution in [2.45, 2.75) is 13.5 Å². The number of aromatic hydroxyl groups is 1. The molecule has 0 aliphatic heterocycles. The smallest absolute Gasteiger partial charge is 0.332 e. The van der Waals surface area contributed by atoms with Gasteiger partial charge < -0.3 is 14.6 Å². The summed E-state index contributed by atoms with van der Waals surface area (Å²) in [6.07, 6.45) is 1.59. The van der Waals surface area contributed by atoms with E-state index < -0.39 is 5.69 Å². The molecule has 0 saturated heterocycles. The summed E-state index contributed by atoms with van der Waals surface area (Å²) in [5, 5.41) is 9.66. The second-order valence-corrected chi connectivity index (χ2v) is 5.92. The van der Waals surface area contributed by atoms with E-state index in [1.807, 2.05) is 13.0 Å². The van der Waals surface area contributed by atoms with Crippen LogP contribution < -0.4 is 16.1 Å². The number of phenols is 1. The third-order valence-corrected chi connectivity index (χ3v) is 4.40. The topological polar surface area (TPSA) is 85.3 Å². The highest BCUT2D eigenvalue weighted by Gasteiger charge is 2.15. The van der Waals surface area contributed by atoms with Crippen molar-refractivity contribution in [3.63, 3.8) is 0 Å². The van der Waals surface area contributed by atoms with Gasteiger partial charge in [-0.05, 0) is 19.1 Å². The van der Waals surface area contributed by atoms with Crippen molar-refractivity contribution < 1.29 is 5.11 Å². The van der Waals surface area contributed by atoms with E-state index >= 15 is 0 Å². The summed E-state index contributed by atoms with van der Waals surface area (Å²) in [4.78, 5) is 30.8. The van der Waals surface area contributed by atoms with E-state index in [0.717, 1.165) is 16.8 Å². The third-order valence-electron chi connectivity index (χ3n) is 4.40. The van der Waals surface area contributed by atoms with Crippen molar-refractivity contribution in [2.75, 3.05) is 18.0 Å². The van der Waals surface area contributed by atoms with Crippen LogP contribution in [0.5, 0.6) is 5.75 Å². The number of rotatable bonds is 5. The zero-order chi connectivity index (χ0) is 18.1. The Morgan fingerprint density at radius 2 is 1.96 bits per heavy atom. The SMILES string of the molecule is CCN(CCn1cnc2c1c(=O)n(C)c(=O)n2C)c1cccc(O)c1. The first-order valence-electron chi connectivity index (χ1n) is 8.09. The number of aromatic nitrogens is 4. The van der Waals surface area contributed by atoms with Crippen molar-refractivity contribution >= 4 is 16.9 Å². The van der Waals surface area contributed by atoms with Crippen molar-refractivity contribution in [3.05, 3.63) is 51.4 Å². The van der Waals surface area contributed by atoms with E-state index in [9.17, 15) is 14.7 Å². The normalized spacial score (nSPS) is 11.2. The van der Waals surface area contributed by atoms with Crippen molar-refractivity contribution in [2.24, 2.45) is 14.1 Å². The van der Waals surface area contributed by atoms with Gasteiger partial charge in [-0.25, -0.2) is 9.78 Å². The van der Waals surface area contributed by atoms with E-state index in [1.165, 1.54) is 11.6 Å². The number of hydrogen-bond acceptors (Lipinski definition) is 5. The summed E-state index contributed by atoms with van der Waals surface area (Å²) in [6, 6.07) is 7.06. The Kier molecular flexibility index (Phi) is 4.35. The number of anilines is 1. The largest absolute Gasteiger partial charge is 0.508 e. The lowest BCUT2D eigenvalue weighted by atomic mass is 10.2. The summed E-state index contributed by atoms with van der Waals surface area (Å²) >= 11 is 0. The lowest BCUT2D eigenvalue weighted by Crippen LogP contribution is -2.38. The minimum Gasteiger partial charge on any atom is -0.508 e. The molecule has 0 spiro atoms. The number of phenolic OH excluding ortho intramolecular Hbond substituents is 1. The average molecular weight is 343 g/mol. The fourth-order valence-corrected chi connectivity index (χ4v) is 2.95. The number of nitrogens with zero attached hydrogens (tertiary/aromatic N) is 5. The van der Waals surface area contributed by atoms with Gasteiger partial charge in [0, 0.05) is 45.5 Å². The molecule has 0 fully saturated rings. The monoisotopic (exact) mass is 343 g/mol.